The van der Waals surface area contributed by atoms with E-state index in [1.165, 1.54) is 12.1 Å². The summed E-state index contributed by atoms with van der Waals surface area (Å²) in [6.45, 7) is 1.93. The number of nitrogens with one attached hydrogen (secondary N) is 3. The number of amides is 1. The van der Waals surface area contributed by atoms with Crippen LogP contribution in [0.2, 0.25) is 0 Å². The number of thiophene rings is 1. The number of carbonyl (C=O) groups is 1. The van der Waals surface area contributed by atoms with Crippen LogP contribution in [0.4, 0.5) is 30.2 Å². The van der Waals surface area contributed by atoms with Crippen LogP contribution in [0.5, 0.6) is 0 Å². The van der Waals surface area contributed by atoms with Crippen LogP contribution >= 0.6 is 11.3 Å². The van der Waals surface area contributed by atoms with Crippen molar-refractivity contribution in [1.29, 1.82) is 0 Å². The highest BCUT2D eigenvalue weighted by atomic mass is 32.1. The van der Waals surface area contributed by atoms with E-state index < -0.39 is 17.6 Å². The summed E-state index contributed by atoms with van der Waals surface area (Å²) in [7, 11) is 0. The van der Waals surface area contributed by atoms with Gasteiger partial charge in [0, 0.05) is 39.5 Å². The molecule has 0 saturated carbocycles. The molecular formula is C26H19F3N4OS. The molecule has 0 aliphatic heterocycles. The van der Waals surface area contributed by atoms with Crippen LogP contribution < -0.4 is 10.6 Å². The van der Waals surface area contributed by atoms with Gasteiger partial charge in [-0.15, -0.1) is 0 Å². The van der Waals surface area contributed by atoms with E-state index in [1.54, 1.807) is 23.5 Å². The molecule has 3 heterocycles. The zero-order valence-corrected chi connectivity index (χ0v) is 19.2. The van der Waals surface area contributed by atoms with Crippen molar-refractivity contribution in [2.75, 3.05) is 10.6 Å². The van der Waals surface area contributed by atoms with E-state index in [9.17, 15) is 18.0 Å². The zero-order valence-electron chi connectivity index (χ0n) is 18.4. The summed E-state index contributed by atoms with van der Waals surface area (Å²) in [5.74, 6) is -0.623. The number of H-pyrrole nitrogens is 1. The summed E-state index contributed by atoms with van der Waals surface area (Å²) in [4.78, 5) is 20.5. The Morgan fingerprint density at radius 2 is 1.89 bits per heavy atom. The third-order valence-electron chi connectivity index (χ3n) is 5.56. The highest BCUT2D eigenvalue weighted by Gasteiger charge is 2.30. The number of benzene rings is 2. The van der Waals surface area contributed by atoms with Crippen LogP contribution in [0.25, 0.3) is 22.3 Å². The lowest BCUT2D eigenvalue weighted by atomic mass is 10.1. The molecule has 0 atom stereocenters. The SMILES string of the molecule is Cc1ccc(NC(=O)c2cccc(C(F)(F)F)c2)cc1Nc1cc(-c2ccsc2)nc2[nH]ccc12. The van der Waals surface area contributed by atoms with E-state index in [1.807, 2.05) is 48.1 Å². The van der Waals surface area contributed by atoms with Crippen LogP contribution in [0, 0.1) is 6.92 Å². The van der Waals surface area contributed by atoms with Crippen LogP contribution in [0.1, 0.15) is 21.5 Å². The monoisotopic (exact) mass is 492 g/mol. The van der Waals surface area contributed by atoms with Crippen molar-refractivity contribution in [3.8, 4) is 11.3 Å². The first-order valence-electron chi connectivity index (χ1n) is 10.6. The van der Waals surface area contributed by atoms with Crippen molar-refractivity contribution in [3.05, 3.63) is 94.3 Å². The summed E-state index contributed by atoms with van der Waals surface area (Å²) in [5, 5.41) is 11.0. The quantitative estimate of drug-likeness (QED) is 0.236. The highest BCUT2D eigenvalue weighted by molar-refractivity contribution is 7.08. The molecule has 5 aromatic rings. The number of nitrogens with zero attached hydrogens (tertiary/aromatic N) is 1. The van der Waals surface area contributed by atoms with E-state index in [4.69, 9.17) is 4.98 Å². The fourth-order valence-electron chi connectivity index (χ4n) is 3.72. The molecule has 5 nitrogen and oxygen atoms in total. The number of aromatic nitrogens is 2. The molecule has 9 heteroatoms. The number of fused-ring (bicyclic) bond motifs is 1. The smallest absolute Gasteiger partial charge is 0.355 e. The molecule has 0 spiro atoms. The Bertz CT molecular complexity index is 1520. The Morgan fingerprint density at radius 3 is 2.66 bits per heavy atom. The molecule has 0 aliphatic rings. The maximum atomic E-state index is 13.0. The molecule has 2 aromatic carbocycles. The Balaban J connectivity index is 1.44. The minimum atomic E-state index is -4.52. The average molecular weight is 493 g/mol. The number of pyridine rings is 1. The molecule has 35 heavy (non-hydrogen) atoms. The summed E-state index contributed by atoms with van der Waals surface area (Å²) >= 11 is 1.59. The third kappa shape index (κ3) is 4.76. The van der Waals surface area contributed by atoms with Crippen molar-refractivity contribution in [2.45, 2.75) is 13.1 Å². The van der Waals surface area contributed by atoms with Gasteiger partial charge in [-0.25, -0.2) is 4.98 Å². The van der Waals surface area contributed by atoms with Gasteiger partial charge in [0.25, 0.3) is 5.91 Å². The van der Waals surface area contributed by atoms with Gasteiger partial charge >= 0.3 is 6.18 Å². The second-order valence-corrected chi connectivity index (χ2v) is 8.77. The number of rotatable bonds is 5. The molecule has 5 rings (SSSR count). The molecule has 0 bridgehead atoms. The number of hydrogen-bond donors (Lipinski definition) is 3. The lowest BCUT2D eigenvalue weighted by molar-refractivity contribution is -0.137. The first kappa shape index (κ1) is 22.7. The molecular weight excluding hydrogens is 473 g/mol. The number of aromatic amines is 1. The van der Waals surface area contributed by atoms with Crippen LogP contribution in [-0.2, 0) is 6.18 Å². The predicted molar refractivity (Wildman–Crippen MR) is 133 cm³/mol. The predicted octanol–water partition coefficient (Wildman–Crippen LogP) is 7.61. The molecule has 0 saturated heterocycles. The normalized spacial score (nSPS) is 11.5. The minimum Gasteiger partial charge on any atom is -0.355 e. The zero-order chi connectivity index (χ0) is 24.6. The van der Waals surface area contributed by atoms with Gasteiger partial charge in [0.15, 0.2) is 0 Å². The van der Waals surface area contributed by atoms with Crippen molar-refractivity contribution in [2.24, 2.45) is 0 Å². The topological polar surface area (TPSA) is 69.8 Å². The maximum absolute atomic E-state index is 13.0. The number of hydrogen-bond acceptors (Lipinski definition) is 4. The largest absolute Gasteiger partial charge is 0.416 e. The number of alkyl halides is 3. The Hall–Kier alpha value is -4.11. The van der Waals surface area contributed by atoms with Gasteiger partial charge in [0.05, 0.1) is 16.9 Å². The van der Waals surface area contributed by atoms with Gasteiger partial charge in [0.2, 0.25) is 0 Å². The molecule has 3 aromatic heterocycles. The first-order chi connectivity index (χ1) is 16.8. The van der Waals surface area contributed by atoms with E-state index >= 15 is 0 Å². The highest BCUT2D eigenvalue weighted by Crippen LogP contribution is 2.33. The van der Waals surface area contributed by atoms with Crippen molar-refractivity contribution < 1.29 is 18.0 Å². The Labute approximate surface area is 202 Å². The number of aryl methyl sites for hydroxylation is 1. The fraction of sp³-hybridized carbons (Fsp3) is 0.0769. The first-order valence-corrected chi connectivity index (χ1v) is 11.6. The molecule has 0 aliphatic carbocycles. The Morgan fingerprint density at radius 1 is 1.03 bits per heavy atom. The fourth-order valence-corrected chi connectivity index (χ4v) is 4.37. The summed E-state index contributed by atoms with van der Waals surface area (Å²) in [5.41, 5.74) is 4.59. The van der Waals surface area contributed by atoms with E-state index in [2.05, 4.69) is 15.6 Å². The van der Waals surface area contributed by atoms with Gasteiger partial charge in [-0.05, 0) is 66.4 Å². The van der Waals surface area contributed by atoms with Gasteiger partial charge in [-0.2, -0.15) is 24.5 Å². The van der Waals surface area contributed by atoms with E-state index in [0.29, 0.717) is 5.69 Å². The van der Waals surface area contributed by atoms with Gasteiger partial charge in [-0.3, -0.25) is 4.79 Å². The summed E-state index contributed by atoms with van der Waals surface area (Å²) in [6, 6.07) is 15.5. The van der Waals surface area contributed by atoms with Crippen molar-refractivity contribution in [3.63, 3.8) is 0 Å². The minimum absolute atomic E-state index is 0.0709. The van der Waals surface area contributed by atoms with Crippen LogP contribution in [0.15, 0.2) is 77.6 Å². The molecule has 0 unspecified atom stereocenters. The molecule has 1 amide bonds. The summed E-state index contributed by atoms with van der Waals surface area (Å²) < 4.78 is 39.1. The number of halogens is 3. The molecule has 176 valence electrons. The van der Waals surface area contributed by atoms with Gasteiger partial charge in [0.1, 0.15) is 5.65 Å². The Kier molecular flexibility index (Phi) is 5.78. The number of carbonyl (C=O) groups excluding carboxylic acids is 1. The van der Waals surface area contributed by atoms with Crippen molar-refractivity contribution >= 4 is 45.3 Å². The lowest BCUT2D eigenvalue weighted by Gasteiger charge is -2.14. The second kappa shape index (κ2) is 8.92. The standard InChI is InChI=1S/C26H19F3N4OS/c1-15-5-6-19(31-25(34)16-3-2-4-18(11-16)26(27,28)29)12-21(15)32-23-13-22(17-8-10-35-14-17)33-24-20(23)7-9-30-24/h2-14H,1H3,(H,31,34)(H2,30,32,33). The van der Waals surface area contributed by atoms with E-state index in [0.717, 1.165) is 51.4 Å². The van der Waals surface area contributed by atoms with Crippen LogP contribution in [-0.4, -0.2) is 15.9 Å². The molecule has 3 N–H and O–H groups in total. The van der Waals surface area contributed by atoms with Crippen molar-refractivity contribution in [1.82, 2.24) is 9.97 Å². The second-order valence-electron chi connectivity index (χ2n) is 7.99. The number of anilines is 3. The maximum Gasteiger partial charge on any atom is 0.416 e. The van der Waals surface area contributed by atoms with Gasteiger partial charge < -0.3 is 15.6 Å². The molecule has 0 fully saturated rings. The van der Waals surface area contributed by atoms with E-state index in [-0.39, 0.29) is 5.56 Å². The lowest BCUT2D eigenvalue weighted by Crippen LogP contribution is -2.14. The average Bonchev–Trinajstić information content (AvgIpc) is 3.53. The molecule has 0 radical (unpaired) electrons. The summed E-state index contributed by atoms with van der Waals surface area (Å²) in [6.07, 6.45) is -2.70. The van der Waals surface area contributed by atoms with Gasteiger partial charge in [-0.1, -0.05) is 12.1 Å². The third-order valence-corrected chi connectivity index (χ3v) is 6.25. The van der Waals surface area contributed by atoms with Crippen LogP contribution in [0.3, 0.4) is 0 Å².